The second kappa shape index (κ2) is 6.12. The largest absolute Gasteiger partial charge is 0.396 e. The van der Waals surface area contributed by atoms with Crippen LogP contribution in [0.5, 0.6) is 0 Å². The fourth-order valence-corrected chi connectivity index (χ4v) is 3.94. The molecule has 0 radical (unpaired) electrons. The number of Topliss-reactive ketones (excluding diaryl/α,β-unsaturated/α-hetero) is 1. The van der Waals surface area contributed by atoms with Crippen LogP contribution in [0.1, 0.15) is 48.3 Å². The normalized spacial score (nSPS) is 22.4. The average Bonchev–Trinajstić information content (AvgIpc) is 3.15. The molecule has 0 spiro atoms. The number of nitrogens with zero attached hydrogens (tertiary/aromatic N) is 2. The molecular formula is C16H20N2O2S. The van der Waals surface area contributed by atoms with Gasteiger partial charge in [0.05, 0.1) is 4.88 Å². The summed E-state index contributed by atoms with van der Waals surface area (Å²) in [5.74, 6) is 1.43. The Bertz CT molecular complexity index is 632. The van der Waals surface area contributed by atoms with Crippen molar-refractivity contribution in [2.24, 2.45) is 5.92 Å². The van der Waals surface area contributed by atoms with Crippen molar-refractivity contribution in [1.29, 1.82) is 0 Å². The van der Waals surface area contributed by atoms with E-state index in [0.717, 1.165) is 41.9 Å². The van der Waals surface area contributed by atoms with Crippen LogP contribution in [0.4, 0.5) is 0 Å². The Balaban J connectivity index is 1.87. The maximum absolute atomic E-state index is 11.5. The van der Waals surface area contributed by atoms with Crippen molar-refractivity contribution < 1.29 is 9.90 Å². The van der Waals surface area contributed by atoms with Gasteiger partial charge in [-0.2, -0.15) is 0 Å². The molecule has 2 aromatic rings. The van der Waals surface area contributed by atoms with Gasteiger partial charge in [-0.25, -0.2) is 4.98 Å². The monoisotopic (exact) mass is 304 g/mol. The molecule has 112 valence electrons. The fraction of sp³-hybridized carbons (Fsp3) is 0.500. The summed E-state index contributed by atoms with van der Waals surface area (Å²) in [6.45, 7) is 1.86. The molecule has 2 aromatic heterocycles. The molecule has 0 bridgehead atoms. The number of carbonyl (C=O) groups excluding carboxylic acids is 1. The van der Waals surface area contributed by atoms with Gasteiger partial charge in [0.1, 0.15) is 5.82 Å². The van der Waals surface area contributed by atoms with E-state index in [-0.39, 0.29) is 12.4 Å². The van der Waals surface area contributed by atoms with Gasteiger partial charge in [-0.05, 0) is 38.2 Å². The lowest BCUT2D eigenvalue weighted by atomic mass is 9.86. The number of aromatic nitrogens is 2. The van der Waals surface area contributed by atoms with Gasteiger partial charge in [-0.1, -0.05) is 6.42 Å². The predicted molar refractivity (Wildman–Crippen MR) is 83.6 cm³/mol. The highest BCUT2D eigenvalue weighted by Gasteiger charge is 2.24. The number of ketones is 1. The molecule has 5 heteroatoms. The number of hydrogen-bond acceptors (Lipinski definition) is 4. The van der Waals surface area contributed by atoms with Gasteiger partial charge in [0, 0.05) is 36.0 Å². The van der Waals surface area contributed by atoms with Crippen molar-refractivity contribution in [2.75, 3.05) is 6.61 Å². The van der Waals surface area contributed by atoms with Crippen LogP contribution in [-0.4, -0.2) is 27.0 Å². The van der Waals surface area contributed by atoms with Crippen molar-refractivity contribution in [3.05, 3.63) is 28.7 Å². The number of thiophene rings is 1. The first kappa shape index (κ1) is 14.5. The standard InChI is InChI=1S/C16H20N2O2S/c1-11(20)15-8-13(10-21-15)16-17-5-6-18(16)14-4-2-3-12(7-14)9-19/h5-6,8,10,12,14,19H,2-4,7,9H2,1H3/t12-,14-/m1/s1. The Morgan fingerprint density at radius 3 is 3.10 bits per heavy atom. The van der Waals surface area contributed by atoms with E-state index in [4.69, 9.17) is 0 Å². The van der Waals surface area contributed by atoms with Gasteiger partial charge < -0.3 is 9.67 Å². The first-order chi connectivity index (χ1) is 10.2. The molecule has 1 aliphatic rings. The van der Waals surface area contributed by atoms with Crippen LogP contribution in [0.2, 0.25) is 0 Å². The molecule has 0 saturated heterocycles. The molecule has 0 aliphatic heterocycles. The Labute approximate surface area is 128 Å². The Morgan fingerprint density at radius 1 is 1.52 bits per heavy atom. The summed E-state index contributed by atoms with van der Waals surface area (Å²) in [4.78, 5) is 16.7. The zero-order valence-corrected chi connectivity index (χ0v) is 13.0. The lowest BCUT2D eigenvalue weighted by molar-refractivity contribution is 0.102. The number of hydrogen-bond donors (Lipinski definition) is 1. The summed E-state index contributed by atoms with van der Waals surface area (Å²) in [6, 6.07) is 2.33. The topological polar surface area (TPSA) is 55.1 Å². The Morgan fingerprint density at radius 2 is 2.38 bits per heavy atom. The number of rotatable bonds is 4. The molecule has 2 heterocycles. The summed E-state index contributed by atoms with van der Waals surface area (Å²) in [5.41, 5.74) is 1.02. The fourth-order valence-electron chi connectivity index (χ4n) is 3.15. The molecule has 0 unspecified atom stereocenters. The van der Waals surface area contributed by atoms with Crippen molar-refractivity contribution in [1.82, 2.24) is 9.55 Å². The lowest BCUT2D eigenvalue weighted by Gasteiger charge is -2.29. The molecule has 1 saturated carbocycles. The lowest BCUT2D eigenvalue weighted by Crippen LogP contribution is -2.21. The molecule has 3 rings (SSSR count). The summed E-state index contributed by atoms with van der Waals surface area (Å²) >= 11 is 1.47. The maximum atomic E-state index is 11.5. The number of carbonyl (C=O) groups is 1. The number of aliphatic hydroxyl groups is 1. The van der Waals surface area contributed by atoms with Crippen molar-refractivity contribution in [2.45, 2.75) is 38.6 Å². The molecule has 1 N–H and O–H groups in total. The first-order valence-electron chi connectivity index (χ1n) is 7.42. The zero-order chi connectivity index (χ0) is 14.8. The van der Waals surface area contributed by atoms with E-state index in [0.29, 0.717) is 12.0 Å². The van der Waals surface area contributed by atoms with E-state index >= 15 is 0 Å². The van der Waals surface area contributed by atoms with Crippen molar-refractivity contribution in [3.63, 3.8) is 0 Å². The van der Waals surface area contributed by atoms with E-state index in [1.165, 1.54) is 11.3 Å². The van der Waals surface area contributed by atoms with E-state index < -0.39 is 0 Å². The molecule has 4 nitrogen and oxygen atoms in total. The van der Waals surface area contributed by atoms with Crippen LogP contribution in [-0.2, 0) is 0 Å². The molecular weight excluding hydrogens is 284 g/mol. The minimum Gasteiger partial charge on any atom is -0.396 e. The highest BCUT2D eigenvalue weighted by atomic mass is 32.1. The van der Waals surface area contributed by atoms with Gasteiger partial charge in [0.25, 0.3) is 0 Å². The van der Waals surface area contributed by atoms with Gasteiger partial charge in [0.15, 0.2) is 5.78 Å². The van der Waals surface area contributed by atoms with Crippen LogP contribution >= 0.6 is 11.3 Å². The van der Waals surface area contributed by atoms with Gasteiger partial charge in [-0.3, -0.25) is 4.79 Å². The third kappa shape index (κ3) is 2.94. The molecule has 2 atom stereocenters. The van der Waals surface area contributed by atoms with E-state index in [9.17, 15) is 9.90 Å². The first-order valence-corrected chi connectivity index (χ1v) is 8.30. The SMILES string of the molecule is CC(=O)c1cc(-c2nccn2[C@@H]2CCC[C@@H](CO)C2)cs1. The molecule has 1 fully saturated rings. The van der Waals surface area contributed by atoms with Gasteiger partial charge >= 0.3 is 0 Å². The summed E-state index contributed by atoms with van der Waals surface area (Å²) in [5, 5.41) is 11.4. The maximum Gasteiger partial charge on any atom is 0.169 e. The zero-order valence-electron chi connectivity index (χ0n) is 12.2. The van der Waals surface area contributed by atoms with Crippen LogP contribution in [0.25, 0.3) is 11.4 Å². The summed E-state index contributed by atoms with van der Waals surface area (Å²) in [6.07, 6.45) is 8.24. The van der Waals surface area contributed by atoms with Gasteiger partial charge in [-0.15, -0.1) is 11.3 Å². The number of imidazole rings is 1. The van der Waals surface area contributed by atoms with Gasteiger partial charge in [0.2, 0.25) is 0 Å². The third-order valence-electron chi connectivity index (χ3n) is 4.28. The second-order valence-electron chi connectivity index (χ2n) is 5.78. The van der Waals surface area contributed by atoms with E-state index in [1.807, 2.05) is 23.8 Å². The highest BCUT2D eigenvalue weighted by molar-refractivity contribution is 7.12. The van der Waals surface area contributed by atoms with Crippen LogP contribution in [0, 0.1) is 5.92 Å². The molecule has 0 aromatic carbocycles. The Hall–Kier alpha value is -1.46. The quantitative estimate of drug-likeness (QED) is 0.879. The molecule has 1 aliphatic carbocycles. The number of aliphatic hydroxyl groups excluding tert-OH is 1. The third-order valence-corrected chi connectivity index (χ3v) is 5.31. The van der Waals surface area contributed by atoms with E-state index in [1.54, 1.807) is 6.92 Å². The Kier molecular flexibility index (Phi) is 4.22. The van der Waals surface area contributed by atoms with E-state index in [2.05, 4.69) is 9.55 Å². The summed E-state index contributed by atoms with van der Waals surface area (Å²) < 4.78 is 2.22. The van der Waals surface area contributed by atoms with Crippen molar-refractivity contribution in [3.8, 4) is 11.4 Å². The predicted octanol–water partition coefficient (Wildman–Crippen LogP) is 3.54. The van der Waals surface area contributed by atoms with Crippen molar-refractivity contribution >= 4 is 17.1 Å². The molecule has 0 amide bonds. The smallest absolute Gasteiger partial charge is 0.169 e. The summed E-state index contributed by atoms with van der Waals surface area (Å²) in [7, 11) is 0. The minimum absolute atomic E-state index is 0.0994. The average molecular weight is 304 g/mol. The van der Waals surface area contributed by atoms with Crippen LogP contribution < -0.4 is 0 Å². The van der Waals surface area contributed by atoms with Crippen LogP contribution in [0.3, 0.4) is 0 Å². The highest BCUT2D eigenvalue weighted by Crippen LogP contribution is 2.35. The minimum atomic E-state index is 0.0994. The second-order valence-corrected chi connectivity index (χ2v) is 6.69. The molecule has 21 heavy (non-hydrogen) atoms. The van der Waals surface area contributed by atoms with Crippen LogP contribution in [0.15, 0.2) is 23.8 Å².